The summed E-state index contributed by atoms with van der Waals surface area (Å²) in [6.07, 6.45) is -0.739. The summed E-state index contributed by atoms with van der Waals surface area (Å²) in [5.41, 5.74) is 2.59. The predicted octanol–water partition coefficient (Wildman–Crippen LogP) is 4.66. The second-order valence-electron chi connectivity index (χ2n) is 7.25. The molecule has 33 heavy (non-hydrogen) atoms. The third-order valence-electron chi connectivity index (χ3n) is 4.70. The smallest absolute Gasteiger partial charge is 0.422 e. The molecule has 10 heteroatoms. The first kappa shape index (κ1) is 26.5. The van der Waals surface area contributed by atoms with Crippen LogP contribution in [0, 0.1) is 6.92 Å². The van der Waals surface area contributed by atoms with E-state index in [1.54, 1.807) is 32.3 Å². The first-order chi connectivity index (χ1) is 15.3. The van der Waals surface area contributed by atoms with Gasteiger partial charge in [-0.15, -0.1) is 24.0 Å². The van der Waals surface area contributed by atoms with Crippen LogP contribution in [0.5, 0.6) is 5.75 Å². The molecular formula is C23H27F3IN5O. The van der Waals surface area contributed by atoms with Gasteiger partial charge in [0.15, 0.2) is 12.6 Å². The van der Waals surface area contributed by atoms with Crippen LogP contribution in [0.15, 0.2) is 65.9 Å². The maximum Gasteiger partial charge on any atom is 0.422 e. The minimum Gasteiger partial charge on any atom is -0.484 e. The van der Waals surface area contributed by atoms with Crippen molar-refractivity contribution in [2.75, 3.05) is 13.7 Å². The number of ether oxygens (including phenoxy) is 1. The number of nitrogens with one attached hydrogen (secondary N) is 2. The molecule has 1 aromatic heterocycles. The Bertz CT molecular complexity index is 1040. The number of aryl methyl sites for hydroxylation is 1. The number of hydrogen-bond acceptors (Lipinski definition) is 3. The second-order valence-corrected chi connectivity index (χ2v) is 7.25. The fraction of sp³-hybridized carbons (Fsp3) is 0.304. The van der Waals surface area contributed by atoms with Gasteiger partial charge in [0.25, 0.3) is 0 Å². The molecule has 0 saturated carbocycles. The molecule has 1 heterocycles. The van der Waals surface area contributed by atoms with Gasteiger partial charge in [0.1, 0.15) is 11.6 Å². The molecule has 0 unspecified atom stereocenters. The van der Waals surface area contributed by atoms with Crippen molar-refractivity contribution >= 4 is 29.9 Å². The lowest BCUT2D eigenvalue weighted by atomic mass is 10.1. The van der Waals surface area contributed by atoms with Crippen LogP contribution >= 0.6 is 24.0 Å². The Hall–Kier alpha value is -2.76. The van der Waals surface area contributed by atoms with Crippen LogP contribution in [0.1, 0.15) is 22.5 Å². The lowest BCUT2D eigenvalue weighted by molar-refractivity contribution is -0.153. The highest BCUT2D eigenvalue weighted by molar-refractivity contribution is 14.0. The number of guanidine groups is 1. The van der Waals surface area contributed by atoms with Crippen LogP contribution in [0.3, 0.4) is 0 Å². The molecule has 6 nitrogen and oxygen atoms in total. The molecule has 0 spiro atoms. The number of aliphatic imine (C=N–C) groups is 1. The van der Waals surface area contributed by atoms with Crippen LogP contribution < -0.4 is 15.4 Å². The summed E-state index contributed by atoms with van der Waals surface area (Å²) in [7, 11) is 1.63. The zero-order chi connectivity index (χ0) is 23.0. The first-order valence-electron chi connectivity index (χ1n) is 10.1. The van der Waals surface area contributed by atoms with Crippen molar-refractivity contribution in [3.8, 4) is 5.75 Å². The van der Waals surface area contributed by atoms with Crippen LogP contribution in [-0.4, -0.2) is 35.3 Å². The maximum absolute atomic E-state index is 12.6. The molecule has 2 N–H and O–H groups in total. The van der Waals surface area contributed by atoms with Crippen molar-refractivity contribution < 1.29 is 17.9 Å². The minimum absolute atomic E-state index is 0. The monoisotopic (exact) mass is 573 g/mol. The average Bonchev–Trinajstić information content (AvgIpc) is 3.20. The van der Waals surface area contributed by atoms with Gasteiger partial charge in [-0.2, -0.15) is 13.2 Å². The number of aromatic nitrogens is 2. The molecule has 0 saturated heterocycles. The molecule has 0 aliphatic rings. The minimum atomic E-state index is -4.40. The quantitative estimate of drug-likeness (QED) is 0.234. The van der Waals surface area contributed by atoms with Gasteiger partial charge in [-0.05, 0) is 24.1 Å². The van der Waals surface area contributed by atoms with E-state index in [-0.39, 0.29) is 36.3 Å². The van der Waals surface area contributed by atoms with E-state index in [9.17, 15) is 13.2 Å². The van der Waals surface area contributed by atoms with Crippen molar-refractivity contribution in [1.29, 1.82) is 0 Å². The van der Waals surface area contributed by atoms with Gasteiger partial charge in [0.2, 0.25) is 0 Å². The highest BCUT2D eigenvalue weighted by Gasteiger charge is 2.28. The molecule has 0 fully saturated rings. The maximum atomic E-state index is 12.6. The Morgan fingerprint density at radius 3 is 2.52 bits per heavy atom. The number of hydrogen-bond donors (Lipinski definition) is 2. The second kappa shape index (κ2) is 12.5. The summed E-state index contributed by atoms with van der Waals surface area (Å²) < 4.78 is 44.8. The first-order valence-corrected chi connectivity index (χ1v) is 10.1. The molecule has 0 amide bonds. The predicted molar refractivity (Wildman–Crippen MR) is 133 cm³/mol. The van der Waals surface area contributed by atoms with E-state index in [0.29, 0.717) is 24.6 Å². The molecular weight excluding hydrogens is 546 g/mol. The molecule has 0 radical (unpaired) electrons. The fourth-order valence-corrected chi connectivity index (χ4v) is 3.10. The summed E-state index contributed by atoms with van der Waals surface area (Å²) >= 11 is 0. The molecule has 3 rings (SSSR count). The molecule has 0 aliphatic heterocycles. The van der Waals surface area contributed by atoms with Crippen LogP contribution in [0.4, 0.5) is 13.2 Å². The van der Waals surface area contributed by atoms with Gasteiger partial charge >= 0.3 is 6.18 Å². The average molecular weight is 573 g/mol. The van der Waals surface area contributed by atoms with E-state index in [0.717, 1.165) is 11.4 Å². The van der Waals surface area contributed by atoms with Gasteiger partial charge in [-0.25, -0.2) is 4.98 Å². The molecule has 178 valence electrons. The van der Waals surface area contributed by atoms with Crippen molar-refractivity contribution in [3.05, 3.63) is 83.4 Å². The van der Waals surface area contributed by atoms with Gasteiger partial charge < -0.3 is 19.9 Å². The number of nitrogens with zero attached hydrogens (tertiary/aromatic N) is 3. The molecule has 3 aromatic rings. The van der Waals surface area contributed by atoms with E-state index < -0.39 is 12.8 Å². The topological polar surface area (TPSA) is 63.5 Å². The van der Waals surface area contributed by atoms with E-state index in [4.69, 9.17) is 4.74 Å². The highest BCUT2D eigenvalue weighted by Crippen LogP contribution is 2.23. The van der Waals surface area contributed by atoms with Gasteiger partial charge in [-0.1, -0.05) is 42.5 Å². The summed E-state index contributed by atoms with van der Waals surface area (Å²) in [5, 5.41) is 6.31. The molecule has 0 aliphatic carbocycles. The van der Waals surface area contributed by atoms with Crippen molar-refractivity contribution in [3.63, 3.8) is 0 Å². The van der Waals surface area contributed by atoms with Crippen molar-refractivity contribution in [1.82, 2.24) is 20.2 Å². The molecule has 2 aromatic carbocycles. The van der Waals surface area contributed by atoms with Crippen molar-refractivity contribution in [2.45, 2.75) is 32.7 Å². The Morgan fingerprint density at radius 1 is 1.09 bits per heavy atom. The van der Waals surface area contributed by atoms with Gasteiger partial charge in [0, 0.05) is 38.1 Å². The number of alkyl halides is 3. The van der Waals surface area contributed by atoms with Crippen LogP contribution in [-0.2, 0) is 19.6 Å². The van der Waals surface area contributed by atoms with E-state index in [2.05, 4.69) is 32.7 Å². The van der Waals surface area contributed by atoms with Crippen LogP contribution in [0.2, 0.25) is 0 Å². The number of benzene rings is 2. The van der Waals surface area contributed by atoms with Crippen molar-refractivity contribution in [2.24, 2.45) is 4.99 Å². The number of imidazole rings is 1. The largest absolute Gasteiger partial charge is 0.484 e. The van der Waals surface area contributed by atoms with E-state index >= 15 is 0 Å². The summed E-state index contributed by atoms with van der Waals surface area (Å²) in [6.45, 7) is 1.86. The summed E-state index contributed by atoms with van der Waals surface area (Å²) in [4.78, 5) is 8.58. The van der Waals surface area contributed by atoms with E-state index in [1.165, 1.54) is 5.56 Å². The van der Waals surface area contributed by atoms with Gasteiger partial charge in [0.05, 0.1) is 6.54 Å². The Morgan fingerprint density at radius 2 is 1.82 bits per heavy atom. The number of halogens is 4. The lowest BCUT2D eigenvalue weighted by Gasteiger charge is -2.16. The summed E-state index contributed by atoms with van der Waals surface area (Å²) in [6, 6.07) is 15.2. The molecule has 0 atom stereocenters. The normalized spacial score (nSPS) is 11.6. The highest BCUT2D eigenvalue weighted by atomic mass is 127. The standard InChI is InChI=1S/C23H26F3N5O.HI/c1-17-8-9-19(20(12-17)32-16-23(24,25)26)13-29-22(27-2)30-14-21-28-10-11-31(21)15-18-6-4-3-5-7-18;/h3-12H,13-16H2,1-2H3,(H2,27,29,30);1H. The van der Waals surface area contributed by atoms with Crippen LogP contribution in [0.25, 0.3) is 0 Å². The number of rotatable bonds is 8. The van der Waals surface area contributed by atoms with E-state index in [1.807, 2.05) is 35.0 Å². The van der Waals surface area contributed by atoms with Gasteiger partial charge in [-0.3, -0.25) is 4.99 Å². The third-order valence-corrected chi connectivity index (χ3v) is 4.70. The molecule has 0 bridgehead atoms. The zero-order valence-corrected chi connectivity index (χ0v) is 20.7. The SMILES string of the molecule is CN=C(NCc1ccc(C)cc1OCC(F)(F)F)NCc1nccn1Cc1ccccc1.I. The summed E-state index contributed by atoms with van der Waals surface area (Å²) in [5.74, 6) is 1.53. The lowest BCUT2D eigenvalue weighted by Crippen LogP contribution is -2.37. The Kier molecular flexibility index (Phi) is 10.0. The fourth-order valence-electron chi connectivity index (χ4n) is 3.10. The zero-order valence-electron chi connectivity index (χ0n) is 18.4. The Balaban J connectivity index is 0.00000385. The third kappa shape index (κ3) is 8.60. The Labute approximate surface area is 208 Å².